The first-order valence-corrected chi connectivity index (χ1v) is 11.3. The summed E-state index contributed by atoms with van der Waals surface area (Å²) < 4.78 is 7.81. The first-order chi connectivity index (χ1) is 15.1. The molecule has 4 aromatic carbocycles. The van der Waals surface area contributed by atoms with Gasteiger partial charge < -0.3 is 9.68 Å². The van der Waals surface area contributed by atoms with Crippen molar-refractivity contribution in [2.75, 3.05) is 0 Å². The maximum atomic E-state index is 9.28. The lowest BCUT2D eigenvalue weighted by molar-refractivity contribution is 0.457. The predicted molar refractivity (Wildman–Crippen MR) is 132 cm³/mol. The van der Waals surface area contributed by atoms with Crippen LogP contribution in [0.5, 0.6) is 5.75 Å². The summed E-state index contributed by atoms with van der Waals surface area (Å²) in [6, 6.07) is 28.2. The normalized spacial score (nSPS) is 13.9. The number of thiophene rings is 1. The molecule has 1 aliphatic carbocycles. The van der Waals surface area contributed by atoms with Crippen molar-refractivity contribution in [2.24, 2.45) is 0 Å². The predicted octanol–water partition coefficient (Wildman–Crippen LogP) is 6.67. The Morgan fingerprint density at radius 3 is 2.29 bits per heavy atom. The minimum atomic E-state index is -0.319. The zero-order valence-corrected chi connectivity index (χ0v) is 18.3. The summed E-state index contributed by atoms with van der Waals surface area (Å²) in [6.45, 7) is 4.64. The summed E-state index contributed by atoms with van der Waals surface area (Å²) in [6.07, 6.45) is 0. The highest BCUT2D eigenvalue weighted by Crippen LogP contribution is 2.50. The average molecular weight is 420 g/mol. The van der Waals surface area contributed by atoms with E-state index in [0.717, 1.165) is 10.4 Å². The van der Waals surface area contributed by atoms with E-state index in [2.05, 4.69) is 80.6 Å². The van der Waals surface area contributed by atoms with Crippen LogP contribution in [0.15, 0.2) is 78.9 Å². The van der Waals surface area contributed by atoms with Crippen LogP contribution in [0, 0.1) is 0 Å². The molecular weight excluding hydrogens is 399 g/mol. The number of hydrogen-bond acceptors (Lipinski definition) is 3. The molecule has 1 heterocycles. The summed E-state index contributed by atoms with van der Waals surface area (Å²) in [5.41, 5.74) is 7.93. The molecule has 4 heteroatoms. The lowest BCUT2D eigenvalue weighted by Gasteiger charge is -2.22. The quantitative estimate of drug-likeness (QED) is 0.331. The smallest absolute Gasteiger partial charge is 0.504 e. The van der Waals surface area contributed by atoms with Gasteiger partial charge in [-0.3, -0.25) is 0 Å². The lowest BCUT2D eigenvalue weighted by Crippen LogP contribution is -2.14. The maximum Gasteiger partial charge on any atom is 0.504 e. The molecule has 0 radical (unpaired) electrons. The van der Waals surface area contributed by atoms with Gasteiger partial charge in [0.25, 0.3) is 0 Å². The molecular formula is C27H21BO2S. The second-order valence-corrected chi connectivity index (χ2v) is 9.64. The van der Waals surface area contributed by atoms with Gasteiger partial charge in [-0.1, -0.05) is 80.6 Å². The van der Waals surface area contributed by atoms with Crippen molar-refractivity contribution in [3.63, 3.8) is 0 Å². The van der Waals surface area contributed by atoms with E-state index in [1.165, 1.54) is 48.9 Å². The van der Waals surface area contributed by atoms with Gasteiger partial charge in [0, 0.05) is 20.9 Å². The molecule has 0 saturated heterocycles. The van der Waals surface area contributed by atoms with Crippen LogP contribution in [0.3, 0.4) is 0 Å². The van der Waals surface area contributed by atoms with Crippen molar-refractivity contribution in [3.8, 4) is 28.0 Å². The minimum Gasteiger partial charge on any atom is -0.538 e. The zero-order chi connectivity index (χ0) is 21.2. The van der Waals surface area contributed by atoms with Crippen LogP contribution in [0.4, 0.5) is 0 Å². The first kappa shape index (κ1) is 18.7. The molecule has 0 amide bonds. The Morgan fingerprint density at radius 1 is 0.742 bits per heavy atom. The lowest BCUT2D eigenvalue weighted by atomic mass is 9.81. The Balaban J connectivity index is 1.58. The van der Waals surface area contributed by atoms with Crippen LogP contribution in [0.2, 0.25) is 0 Å². The van der Waals surface area contributed by atoms with E-state index in [9.17, 15) is 5.02 Å². The van der Waals surface area contributed by atoms with E-state index >= 15 is 0 Å². The largest absolute Gasteiger partial charge is 0.538 e. The van der Waals surface area contributed by atoms with Crippen molar-refractivity contribution in [3.05, 3.63) is 90.0 Å². The molecule has 0 fully saturated rings. The fraction of sp³-hybridized carbons (Fsp3) is 0.111. The minimum absolute atomic E-state index is 0.0157. The van der Waals surface area contributed by atoms with Crippen molar-refractivity contribution in [1.82, 2.24) is 0 Å². The third-order valence-electron chi connectivity index (χ3n) is 6.60. The van der Waals surface area contributed by atoms with E-state index in [1.807, 2.05) is 12.1 Å². The van der Waals surface area contributed by atoms with Gasteiger partial charge in [-0.2, -0.15) is 0 Å². The summed E-state index contributed by atoms with van der Waals surface area (Å²) in [7, 11) is -0.319. The monoisotopic (exact) mass is 420 g/mol. The van der Waals surface area contributed by atoms with E-state index in [1.54, 1.807) is 11.3 Å². The molecule has 6 rings (SSSR count). The van der Waals surface area contributed by atoms with Gasteiger partial charge in [-0.05, 0) is 45.5 Å². The Morgan fingerprint density at radius 2 is 1.45 bits per heavy atom. The van der Waals surface area contributed by atoms with Crippen molar-refractivity contribution < 1.29 is 9.68 Å². The molecule has 0 aliphatic heterocycles. The molecule has 2 nitrogen and oxygen atoms in total. The van der Waals surface area contributed by atoms with Gasteiger partial charge in [-0.25, -0.2) is 0 Å². The highest BCUT2D eigenvalue weighted by molar-refractivity contribution is 7.26. The molecule has 0 atom stereocenters. The molecule has 0 saturated carbocycles. The molecule has 0 bridgehead atoms. The van der Waals surface area contributed by atoms with Crippen LogP contribution < -0.4 is 4.65 Å². The fourth-order valence-electron chi connectivity index (χ4n) is 5.08. The number of fused-ring (bicyclic) bond motifs is 6. The standard InChI is InChI=1S/C27H21BO2S/c1-27(2)22-11-4-3-7-18(22)19-14-13-16(15-23(19)27)17-8-5-9-20-21-10-6-12-24(30-28-29)26(21)31-25(17)20/h3-15,28-29H,1-2H3. The third-order valence-corrected chi connectivity index (χ3v) is 7.87. The van der Waals surface area contributed by atoms with Gasteiger partial charge in [0.15, 0.2) is 0 Å². The van der Waals surface area contributed by atoms with Gasteiger partial charge in [0.1, 0.15) is 5.75 Å². The van der Waals surface area contributed by atoms with Crippen LogP contribution >= 0.6 is 11.3 Å². The number of benzene rings is 4. The fourth-order valence-corrected chi connectivity index (χ4v) is 6.38. The van der Waals surface area contributed by atoms with Crippen molar-refractivity contribution >= 4 is 39.2 Å². The SMILES string of the molecule is CC1(C)c2ccccc2-c2ccc(-c3cccc4c3sc3c(OBO)cccc34)cc21. The molecule has 0 spiro atoms. The highest BCUT2D eigenvalue weighted by Gasteiger charge is 2.35. The molecule has 1 aromatic heterocycles. The molecule has 0 unspecified atom stereocenters. The Labute approximate surface area is 186 Å². The van der Waals surface area contributed by atoms with Crippen molar-refractivity contribution in [2.45, 2.75) is 19.3 Å². The summed E-state index contributed by atoms with van der Waals surface area (Å²) in [5.74, 6) is 0.734. The van der Waals surface area contributed by atoms with Crippen LogP contribution in [-0.2, 0) is 5.41 Å². The number of hydrogen-bond donors (Lipinski definition) is 1. The Hall–Kier alpha value is -3.08. The van der Waals surface area contributed by atoms with E-state index in [-0.39, 0.29) is 13.1 Å². The van der Waals surface area contributed by atoms with Gasteiger partial charge in [0.05, 0.1) is 4.70 Å². The Kier molecular flexibility index (Phi) is 4.04. The Bertz CT molecular complexity index is 1480. The summed E-state index contributed by atoms with van der Waals surface area (Å²) in [4.78, 5) is 0. The van der Waals surface area contributed by atoms with Crippen LogP contribution in [0.1, 0.15) is 25.0 Å². The van der Waals surface area contributed by atoms with Crippen LogP contribution in [0.25, 0.3) is 42.4 Å². The van der Waals surface area contributed by atoms with E-state index in [0.29, 0.717) is 0 Å². The molecule has 150 valence electrons. The topological polar surface area (TPSA) is 29.5 Å². The second kappa shape index (κ2) is 6.71. The van der Waals surface area contributed by atoms with E-state index in [4.69, 9.17) is 4.65 Å². The summed E-state index contributed by atoms with van der Waals surface area (Å²) >= 11 is 1.73. The zero-order valence-electron chi connectivity index (χ0n) is 17.5. The molecule has 1 N–H and O–H groups in total. The number of rotatable bonds is 3. The summed E-state index contributed by atoms with van der Waals surface area (Å²) in [5, 5.41) is 11.7. The van der Waals surface area contributed by atoms with E-state index < -0.39 is 0 Å². The molecule has 1 aliphatic rings. The first-order valence-electron chi connectivity index (χ1n) is 10.5. The van der Waals surface area contributed by atoms with Crippen molar-refractivity contribution in [1.29, 1.82) is 0 Å². The van der Waals surface area contributed by atoms with Gasteiger partial charge in [0.2, 0.25) is 0 Å². The second-order valence-electron chi connectivity index (χ2n) is 8.62. The molecule has 5 aromatic rings. The van der Waals surface area contributed by atoms with Gasteiger partial charge in [-0.15, -0.1) is 11.3 Å². The third kappa shape index (κ3) is 2.62. The van der Waals surface area contributed by atoms with Crippen LogP contribution in [-0.4, -0.2) is 12.7 Å². The van der Waals surface area contributed by atoms with Gasteiger partial charge >= 0.3 is 7.69 Å². The maximum absolute atomic E-state index is 9.28. The molecule has 31 heavy (non-hydrogen) atoms. The average Bonchev–Trinajstić information content (AvgIpc) is 3.28. The highest BCUT2D eigenvalue weighted by atomic mass is 32.1.